The zero-order valence-electron chi connectivity index (χ0n) is 17.8. The minimum absolute atomic E-state index is 0.0481. The Kier molecular flexibility index (Phi) is 5.46. The van der Waals surface area contributed by atoms with Crippen molar-refractivity contribution in [2.24, 2.45) is 0 Å². The Hall–Kier alpha value is -2.82. The molecule has 3 aromatic heterocycles. The van der Waals surface area contributed by atoms with Gasteiger partial charge >= 0.3 is 0 Å². The summed E-state index contributed by atoms with van der Waals surface area (Å²) in [7, 11) is -4.06. The highest BCUT2D eigenvalue weighted by Crippen LogP contribution is 2.24. The summed E-state index contributed by atoms with van der Waals surface area (Å²) < 4.78 is 36.4. The summed E-state index contributed by atoms with van der Waals surface area (Å²) in [5.41, 5.74) is 0.958. The third kappa shape index (κ3) is 3.71. The highest BCUT2D eigenvalue weighted by molar-refractivity contribution is 9.10. The van der Waals surface area contributed by atoms with Crippen molar-refractivity contribution < 1.29 is 13.2 Å². The van der Waals surface area contributed by atoms with E-state index in [0.717, 1.165) is 22.9 Å². The molecule has 0 saturated carbocycles. The summed E-state index contributed by atoms with van der Waals surface area (Å²) in [4.78, 5) is 17.9. The Morgan fingerprint density at radius 3 is 2.67 bits per heavy atom. The molecule has 170 valence electrons. The average molecular weight is 529 g/mol. The Morgan fingerprint density at radius 1 is 1.21 bits per heavy atom. The van der Waals surface area contributed by atoms with E-state index in [1.54, 1.807) is 24.4 Å². The third-order valence-electron chi connectivity index (χ3n) is 5.92. The minimum Gasteiger partial charge on any atom is -0.376 e. The maximum atomic E-state index is 13.5. The van der Waals surface area contributed by atoms with Crippen LogP contribution in [-0.2, 0) is 21.1 Å². The number of sulfone groups is 1. The first kappa shape index (κ1) is 22.0. The predicted octanol–water partition coefficient (Wildman–Crippen LogP) is 3.21. The lowest BCUT2D eigenvalue weighted by molar-refractivity contribution is 0.0965. The number of hydrogen-bond acceptors (Lipinski definition) is 6. The number of pyridine rings is 2. The predicted molar refractivity (Wildman–Crippen MR) is 126 cm³/mol. The van der Waals surface area contributed by atoms with Crippen LogP contribution in [0.25, 0.3) is 16.7 Å². The van der Waals surface area contributed by atoms with Crippen LogP contribution in [0.1, 0.15) is 18.4 Å². The first-order valence-corrected chi connectivity index (χ1v) is 12.8. The fourth-order valence-corrected chi connectivity index (χ4v) is 5.84. The molecule has 1 atom stereocenters. The average Bonchev–Trinajstić information content (AvgIpc) is 3.30. The van der Waals surface area contributed by atoms with Crippen LogP contribution in [0.2, 0.25) is 0 Å². The number of benzene rings is 1. The van der Waals surface area contributed by atoms with Gasteiger partial charge in [0.25, 0.3) is 5.56 Å². The third-order valence-corrected chi connectivity index (χ3v) is 8.23. The van der Waals surface area contributed by atoms with E-state index in [1.165, 1.54) is 27.2 Å². The SMILES string of the molecule is Cc1cccn2c(=O)c3cc(S(=O)(=O)c4ccc(Br)cc4)c(=N)n(C[C@@H]4CCCO4)c3nc12. The van der Waals surface area contributed by atoms with Gasteiger partial charge in [0.05, 0.1) is 22.9 Å². The van der Waals surface area contributed by atoms with E-state index in [1.807, 2.05) is 13.0 Å². The molecule has 0 spiro atoms. The molecule has 8 nitrogen and oxygen atoms in total. The Balaban J connectivity index is 1.86. The zero-order valence-corrected chi connectivity index (χ0v) is 20.2. The molecule has 0 bridgehead atoms. The highest BCUT2D eigenvalue weighted by atomic mass is 79.9. The fourth-order valence-electron chi connectivity index (χ4n) is 4.19. The highest BCUT2D eigenvalue weighted by Gasteiger charge is 2.26. The monoisotopic (exact) mass is 528 g/mol. The van der Waals surface area contributed by atoms with Crippen molar-refractivity contribution in [3.05, 3.63) is 74.5 Å². The number of nitrogens with one attached hydrogen (secondary N) is 1. The van der Waals surface area contributed by atoms with E-state index in [4.69, 9.17) is 15.1 Å². The summed E-state index contributed by atoms with van der Waals surface area (Å²) in [6, 6.07) is 11.1. The van der Waals surface area contributed by atoms with Crippen molar-refractivity contribution in [2.75, 3.05) is 6.61 Å². The van der Waals surface area contributed by atoms with Crippen molar-refractivity contribution >= 4 is 42.4 Å². The molecule has 33 heavy (non-hydrogen) atoms. The van der Waals surface area contributed by atoms with Gasteiger partial charge in [-0.3, -0.25) is 14.6 Å². The molecule has 0 aliphatic carbocycles. The van der Waals surface area contributed by atoms with Crippen molar-refractivity contribution in [2.45, 2.75) is 42.2 Å². The lowest BCUT2D eigenvalue weighted by atomic mass is 10.2. The fraction of sp³-hybridized carbons (Fsp3) is 0.261. The smallest absolute Gasteiger partial charge is 0.267 e. The van der Waals surface area contributed by atoms with Crippen molar-refractivity contribution in [1.29, 1.82) is 5.41 Å². The van der Waals surface area contributed by atoms with Crippen LogP contribution in [0.3, 0.4) is 0 Å². The number of fused-ring (bicyclic) bond motifs is 2. The second kappa shape index (κ2) is 8.19. The number of hydrogen-bond donors (Lipinski definition) is 1. The quantitative estimate of drug-likeness (QED) is 0.409. The van der Waals surface area contributed by atoms with Crippen LogP contribution >= 0.6 is 15.9 Å². The summed E-state index contributed by atoms with van der Waals surface area (Å²) in [5.74, 6) is 0. The lowest BCUT2D eigenvalue weighted by Gasteiger charge is -2.18. The van der Waals surface area contributed by atoms with Gasteiger partial charge in [0.2, 0.25) is 9.84 Å². The summed E-state index contributed by atoms with van der Waals surface area (Å²) in [6.07, 6.45) is 3.12. The molecule has 4 aromatic rings. The van der Waals surface area contributed by atoms with Crippen LogP contribution in [0.5, 0.6) is 0 Å². The van der Waals surface area contributed by atoms with Gasteiger partial charge in [-0.1, -0.05) is 22.0 Å². The standard InChI is InChI=1S/C23H21BrN4O4S/c1-14-4-2-10-27-21(14)26-22-18(23(27)29)12-19(20(25)28(22)13-16-5-3-11-32-16)33(30,31)17-8-6-15(24)7-9-17/h2,4,6-10,12,16,25H,3,5,11,13H2,1H3/t16-/m0/s1. The maximum absolute atomic E-state index is 13.5. The maximum Gasteiger partial charge on any atom is 0.267 e. The zero-order chi connectivity index (χ0) is 23.3. The van der Waals surface area contributed by atoms with Crippen molar-refractivity contribution in [3.63, 3.8) is 0 Å². The number of aromatic nitrogens is 3. The van der Waals surface area contributed by atoms with Gasteiger partial charge in [-0.15, -0.1) is 0 Å². The molecule has 1 aliphatic heterocycles. The Labute approximate surface area is 198 Å². The van der Waals surface area contributed by atoms with Gasteiger partial charge in [0.1, 0.15) is 21.7 Å². The van der Waals surface area contributed by atoms with Crippen molar-refractivity contribution in [3.8, 4) is 0 Å². The van der Waals surface area contributed by atoms with Gasteiger partial charge in [-0.2, -0.15) is 0 Å². The van der Waals surface area contributed by atoms with Crippen LogP contribution in [0, 0.1) is 12.3 Å². The van der Waals surface area contributed by atoms with Crippen LogP contribution in [0.4, 0.5) is 0 Å². The molecular weight excluding hydrogens is 508 g/mol. The summed E-state index contributed by atoms with van der Waals surface area (Å²) in [5, 5.41) is 8.98. The molecule has 1 aliphatic rings. The molecule has 10 heteroatoms. The summed E-state index contributed by atoms with van der Waals surface area (Å²) >= 11 is 3.31. The van der Waals surface area contributed by atoms with E-state index in [-0.39, 0.29) is 44.5 Å². The first-order chi connectivity index (χ1) is 15.8. The lowest BCUT2D eigenvalue weighted by Crippen LogP contribution is -2.33. The van der Waals surface area contributed by atoms with Gasteiger partial charge in [-0.05, 0) is 61.7 Å². The first-order valence-electron chi connectivity index (χ1n) is 10.5. The molecule has 5 rings (SSSR count). The Morgan fingerprint density at radius 2 is 1.97 bits per heavy atom. The molecule has 0 amide bonds. The molecule has 1 saturated heterocycles. The van der Waals surface area contributed by atoms with E-state index in [0.29, 0.717) is 12.3 Å². The number of halogens is 1. The normalized spacial score (nSPS) is 16.6. The van der Waals surface area contributed by atoms with Gasteiger partial charge in [-0.25, -0.2) is 13.4 Å². The van der Waals surface area contributed by atoms with E-state index in [9.17, 15) is 13.2 Å². The molecular formula is C23H21BrN4O4S. The second-order valence-corrected chi connectivity index (χ2v) is 10.9. The van der Waals surface area contributed by atoms with E-state index < -0.39 is 9.84 Å². The second-order valence-electron chi connectivity index (χ2n) is 8.10. The van der Waals surface area contributed by atoms with Gasteiger partial charge in [0.15, 0.2) is 0 Å². The van der Waals surface area contributed by atoms with Crippen LogP contribution < -0.4 is 11.0 Å². The largest absolute Gasteiger partial charge is 0.376 e. The van der Waals surface area contributed by atoms with Gasteiger partial charge in [0, 0.05) is 17.3 Å². The summed E-state index contributed by atoms with van der Waals surface area (Å²) in [6.45, 7) is 2.71. The number of rotatable bonds is 4. The number of aryl methyl sites for hydroxylation is 1. The molecule has 0 radical (unpaired) electrons. The van der Waals surface area contributed by atoms with E-state index in [2.05, 4.69) is 15.9 Å². The van der Waals surface area contributed by atoms with Crippen LogP contribution in [-0.4, -0.2) is 35.1 Å². The van der Waals surface area contributed by atoms with E-state index >= 15 is 0 Å². The van der Waals surface area contributed by atoms with Gasteiger partial charge < -0.3 is 9.30 Å². The molecule has 1 N–H and O–H groups in total. The molecule has 0 unspecified atom stereocenters. The van der Waals surface area contributed by atoms with Crippen LogP contribution in [0.15, 0.2) is 67.7 Å². The van der Waals surface area contributed by atoms with Crippen molar-refractivity contribution in [1.82, 2.24) is 14.0 Å². The Bertz CT molecular complexity index is 1620. The molecule has 4 heterocycles. The molecule has 1 aromatic carbocycles. The topological polar surface area (TPSA) is 107 Å². The number of ether oxygens (including phenoxy) is 1. The number of nitrogens with zero attached hydrogens (tertiary/aromatic N) is 3. The molecule has 1 fully saturated rings. The minimum atomic E-state index is -4.06.